The molecule has 0 fully saturated rings. The Morgan fingerprint density at radius 3 is 2.55 bits per heavy atom. The second-order valence-corrected chi connectivity index (χ2v) is 5.73. The molecule has 2 rings (SSSR count). The lowest BCUT2D eigenvalue weighted by atomic mass is 9.88. The molecule has 0 radical (unpaired) electrons. The van der Waals surface area contributed by atoms with Crippen molar-refractivity contribution in [3.63, 3.8) is 0 Å². The summed E-state index contributed by atoms with van der Waals surface area (Å²) in [5.41, 5.74) is 8.57. The van der Waals surface area contributed by atoms with E-state index in [1.54, 1.807) is 12.1 Å². The first kappa shape index (κ1) is 15.2. The lowest BCUT2D eigenvalue weighted by molar-refractivity contribution is 0.147. The minimum absolute atomic E-state index is 0.215. The van der Waals surface area contributed by atoms with Gasteiger partial charge >= 0.3 is 0 Å². The van der Waals surface area contributed by atoms with Crippen LogP contribution < -0.4 is 5.73 Å². The molecule has 0 aromatic heterocycles. The van der Waals surface area contributed by atoms with E-state index in [9.17, 15) is 9.50 Å². The third-order valence-corrected chi connectivity index (χ3v) is 4.00. The van der Waals surface area contributed by atoms with Gasteiger partial charge in [0.1, 0.15) is 5.82 Å². The molecular weight excluding hydrogens is 321 g/mol. The molecule has 20 heavy (non-hydrogen) atoms. The largest absolute Gasteiger partial charge is 0.388 e. The summed E-state index contributed by atoms with van der Waals surface area (Å²) < 4.78 is 13.6. The fourth-order valence-corrected chi connectivity index (χ4v) is 2.67. The van der Waals surface area contributed by atoms with Crippen molar-refractivity contribution in [3.8, 4) is 0 Å². The summed E-state index contributed by atoms with van der Waals surface area (Å²) >= 11 is 3.14. The van der Waals surface area contributed by atoms with E-state index >= 15 is 0 Å². The van der Waals surface area contributed by atoms with Crippen molar-refractivity contribution < 1.29 is 9.50 Å². The van der Waals surface area contributed by atoms with Crippen molar-refractivity contribution in [1.82, 2.24) is 0 Å². The van der Waals surface area contributed by atoms with Crippen LogP contribution in [0.2, 0.25) is 0 Å². The van der Waals surface area contributed by atoms with Crippen LogP contribution in [0.5, 0.6) is 0 Å². The molecule has 2 aromatic rings. The van der Waals surface area contributed by atoms with E-state index in [1.165, 1.54) is 6.07 Å². The summed E-state index contributed by atoms with van der Waals surface area (Å²) in [5.74, 6) is -0.562. The lowest BCUT2D eigenvalue weighted by Crippen LogP contribution is -2.20. The molecule has 0 aliphatic rings. The van der Waals surface area contributed by atoms with Crippen LogP contribution in [-0.4, -0.2) is 11.7 Å². The predicted molar refractivity (Wildman–Crippen MR) is 82.0 cm³/mol. The van der Waals surface area contributed by atoms with Gasteiger partial charge in [0.25, 0.3) is 0 Å². The number of rotatable bonds is 4. The number of halogens is 2. The number of benzene rings is 2. The van der Waals surface area contributed by atoms with Crippen LogP contribution in [0, 0.1) is 12.7 Å². The minimum Gasteiger partial charge on any atom is -0.388 e. The molecular formula is C16H17BrFNO. The van der Waals surface area contributed by atoms with Crippen molar-refractivity contribution in [2.24, 2.45) is 5.73 Å². The van der Waals surface area contributed by atoms with Gasteiger partial charge in [0, 0.05) is 12.5 Å². The smallest absolute Gasteiger partial charge is 0.137 e. The predicted octanol–water partition coefficient (Wildman–Crippen LogP) is 3.67. The van der Waals surface area contributed by atoms with Gasteiger partial charge in [0.05, 0.1) is 10.6 Å². The van der Waals surface area contributed by atoms with E-state index in [-0.39, 0.29) is 11.7 Å². The number of aliphatic hydroxyl groups excluding tert-OH is 1. The second kappa shape index (κ2) is 6.48. The van der Waals surface area contributed by atoms with E-state index in [0.717, 1.165) is 11.1 Å². The molecule has 0 spiro atoms. The van der Waals surface area contributed by atoms with E-state index in [0.29, 0.717) is 16.6 Å². The van der Waals surface area contributed by atoms with Crippen molar-refractivity contribution >= 4 is 15.9 Å². The third-order valence-electron chi connectivity index (χ3n) is 3.39. The number of aliphatic hydroxyl groups is 1. The minimum atomic E-state index is -0.765. The van der Waals surface area contributed by atoms with Gasteiger partial charge in [0.2, 0.25) is 0 Å². The van der Waals surface area contributed by atoms with Gasteiger partial charge in [-0.1, -0.05) is 35.9 Å². The molecule has 0 saturated heterocycles. The Kier molecular flexibility index (Phi) is 4.91. The molecule has 4 heteroatoms. The van der Waals surface area contributed by atoms with Crippen LogP contribution in [0.1, 0.15) is 28.7 Å². The first-order chi connectivity index (χ1) is 9.52. The molecule has 2 atom stereocenters. The topological polar surface area (TPSA) is 46.2 Å². The Morgan fingerprint density at radius 1 is 1.20 bits per heavy atom. The normalized spacial score (nSPS) is 14.1. The Labute approximate surface area is 126 Å². The monoisotopic (exact) mass is 337 g/mol. The fraction of sp³-hybridized carbons (Fsp3) is 0.250. The van der Waals surface area contributed by atoms with E-state index in [4.69, 9.17) is 5.73 Å². The SMILES string of the molecule is Cc1cccc(C(CN)C(O)c2ccc(F)c(Br)c2)c1. The molecule has 0 amide bonds. The molecule has 0 aliphatic heterocycles. The number of hydrogen-bond acceptors (Lipinski definition) is 2. The van der Waals surface area contributed by atoms with Gasteiger partial charge in [-0.05, 0) is 46.1 Å². The quantitative estimate of drug-likeness (QED) is 0.893. The van der Waals surface area contributed by atoms with Gasteiger partial charge in [0.15, 0.2) is 0 Å². The lowest BCUT2D eigenvalue weighted by Gasteiger charge is -2.23. The van der Waals surface area contributed by atoms with Crippen molar-refractivity contribution in [2.45, 2.75) is 18.9 Å². The summed E-state index contributed by atoms with van der Waals surface area (Å²) in [6, 6.07) is 12.4. The van der Waals surface area contributed by atoms with E-state index < -0.39 is 6.10 Å². The van der Waals surface area contributed by atoms with Gasteiger partial charge in [-0.2, -0.15) is 0 Å². The van der Waals surface area contributed by atoms with Crippen LogP contribution in [0.3, 0.4) is 0 Å². The third kappa shape index (κ3) is 3.26. The van der Waals surface area contributed by atoms with Crippen LogP contribution in [0.15, 0.2) is 46.9 Å². The zero-order valence-corrected chi connectivity index (χ0v) is 12.8. The zero-order chi connectivity index (χ0) is 14.7. The Bertz CT molecular complexity index is 603. The van der Waals surface area contributed by atoms with Crippen molar-refractivity contribution in [2.75, 3.05) is 6.54 Å². The second-order valence-electron chi connectivity index (χ2n) is 4.87. The number of hydrogen-bond donors (Lipinski definition) is 2. The molecule has 2 unspecified atom stereocenters. The highest BCUT2D eigenvalue weighted by Crippen LogP contribution is 2.32. The molecule has 0 saturated carbocycles. The van der Waals surface area contributed by atoms with Gasteiger partial charge in [-0.15, -0.1) is 0 Å². The molecule has 106 valence electrons. The number of nitrogens with two attached hydrogens (primary N) is 1. The average Bonchev–Trinajstić information content (AvgIpc) is 2.42. The maximum Gasteiger partial charge on any atom is 0.137 e. The highest BCUT2D eigenvalue weighted by Gasteiger charge is 2.22. The maximum absolute atomic E-state index is 13.3. The van der Waals surface area contributed by atoms with Crippen molar-refractivity contribution in [1.29, 1.82) is 0 Å². The summed E-state index contributed by atoms with van der Waals surface area (Å²) in [5, 5.41) is 10.5. The van der Waals surface area contributed by atoms with E-state index in [2.05, 4.69) is 15.9 Å². The van der Waals surface area contributed by atoms with Crippen molar-refractivity contribution in [3.05, 3.63) is 69.4 Å². The Morgan fingerprint density at radius 2 is 1.95 bits per heavy atom. The number of aryl methyl sites for hydroxylation is 1. The van der Waals surface area contributed by atoms with Gasteiger partial charge < -0.3 is 10.8 Å². The molecule has 0 heterocycles. The van der Waals surface area contributed by atoms with Crippen LogP contribution in [0.25, 0.3) is 0 Å². The molecule has 2 nitrogen and oxygen atoms in total. The molecule has 0 aliphatic carbocycles. The average molecular weight is 338 g/mol. The fourth-order valence-electron chi connectivity index (χ4n) is 2.28. The summed E-state index contributed by atoms with van der Waals surface area (Å²) in [4.78, 5) is 0. The van der Waals surface area contributed by atoms with Gasteiger partial charge in [-0.3, -0.25) is 0 Å². The Balaban J connectivity index is 2.33. The van der Waals surface area contributed by atoms with Crippen LogP contribution in [-0.2, 0) is 0 Å². The van der Waals surface area contributed by atoms with Crippen LogP contribution >= 0.6 is 15.9 Å². The highest BCUT2D eigenvalue weighted by molar-refractivity contribution is 9.10. The van der Waals surface area contributed by atoms with Gasteiger partial charge in [-0.25, -0.2) is 4.39 Å². The van der Waals surface area contributed by atoms with E-state index in [1.807, 2.05) is 31.2 Å². The summed E-state index contributed by atoms with van der Waals surface area (Å²) in [6.45, 7) is 2.32. The van der Waals surface area contributed by atoms with Crippen LogP contribution in [0.4, 0.5) is 4.39 Å². The maximum atomic E-state index is 13.3. The Hall–Kier alpha value is -1.23. The summed E-state index contributed by atoms with van der Waals surface area (Å²) in [6.07, 6.45) is -0.765. The highest BCUT2D eigenvalue weighted by atomic mass is 79.9. The molecule has 2 aromatic carbocycles. The first-order valence-corrected chi connectivity index (χ1v) is 7.22. The zero-order valence-electron chi connectivity index (χ0n) is 11.2. The molecule has 3 N–H and O–H groups in total. The standard InChI is InChI=1S/C16H17BrFNO/c1-10-3-2-4-11(7-10)13(9-19)16(20)12-5-6-15(18)14(17)8-12/h2-8,13,16,20H,9,19H2,1H3. The molecule has 0 bridgehead atoms. The summed E-state index contributed by atoms with van der Waals surface area (Å²) in [7, 11) is 0. The first-order valence-electron chi connectivity index (χ1n) is 6.42.